The molecule has 5 nitrogen and oxygen atoms in total. The van der Waals surface area contributed by atoms with Crippen molar-refractivity contribution in [3.05, 3.63) is 54.1 Å². The fraction of sp³-hybridized carbons (Fsp3) is 0.458. The Morgan fingerprint density at radius 1 is 0.968 bits per heavy atom. The second-order valence-corrected chi connectivity index (χ2v) is 11.6. The summed E-state index contributed by atoms with van der Waals surface area (Å²) < 4.78 is 26.8. The summed E-state index contributed by atoms with van der Waals surface area (Å²) in [6.07, 6.45) is 7.87. The van der Waals surface area contributed by atoms with Crippen LogP contribution in [0.25, 0.3) is 0 Å². The third-order valence-electron chi connectivity index (χ3n) is 6.02. The molecule has 166 valence electrons. The largest absolute Gasteiger partial charge is 0.325 e. The van der Waals surface area contributed by atoms with Crippen molar-refractivity contribution < 1.29 is 13.2 Å². The Kier molecular flexibility index (Phi) is 7.35. The second-order valence-electron chi connectivity index (χ2n) is 8.32. The third-order valence-corrected chi connectivity index (χ3v) is 9.35. The molecular weight excluding hydrogens is 428 g/mol. The summed E-state index contributed by atoms with van der Waals surface area (Å²) >= 11 is 1.87. The summed E-state index contributed by atoms with van der Waals surface area (Å²) in [7, 11) is -3.39. The number of anilines is 1. The summed E-state index contributed by atoms with van der Waals surface area (Å²) in [6, 6.07) is 15.0. The highest BCUT2D eigenvalue weighted by Crippen LogP contribution is 2.38. The van der Waals surface area contributed by atoms with Crippen LogP contribution in [0, 0.1) is 0 Å². The second kappa shape index (κ2) is 10.2. The summed E-state index contributed by atoms with van der Waals surface area (Å²) in [5.41, 5.74) is 1.85. The molecule has 1 aliphatic carbocycles. The monoisotopic (exact) mass is 458 g/mol. The van der Waals surface area contributed by atoms with E-state index in [0.717, 1.165) is 29.0 Å². The summed E-state index contributed by atoms with van der Waals surface area (Å²) in [5, 5.41) is 3.71. The van der Waals surface area contributed by atoms with Crippen molar-refractivity contribution in [1.29, 1.82) is 0 Å². The Morgan fingerprint density at radius 2 is 1.65 bits per heavy atom. The van der Waals surface area contributed by atoms with Crippen LogP contribution in [0.2, 0.25) is 0 Å². The minimum absolute atomic E-state index is 0.0202. The fourth-order valence-corrected chi connectivity index (χ4v) is 7.08. The maximum atomic E-state index is 12.6. The van der Waals surface area contributed by atoms with Gasteiger partial charge >= 0.3 is 0 Å². The van der Waals surface area contributed by atoms with Crippen LogP contribution in [0.5, 0.6) is 0 Å². The van der Waals surface area contributed by atoms with Crippen LogP contribution in [-0.4, -0.2) is 37.0 Å². The highest BCUT2D eigenvalue weighted by atomic mass is 32.2. The molecule has 1 saturated carbocycles. The summed E-state index contributed by atoms with van der Waals surface area (Å²) in [5.74, 6) is -0.0202. The van der Waals surface area contributed by atoms with E-state index in [9.17, 15) is 13.2 Å². The molecule has 0 aromatic heterocycles. The topological polar surface area (TPSA) is 66.5 Å². The Morgan fingerprint density at radius 3 is 2.35 bits per heavy atom. The number of hydrogen-bond donors (Lipinski definition) is 1. The maximum absolute atomic E-state index is 12.6. The van der Waals surface area contributed by atoms with Crippen molar-refractivity contribution in [2.75, 3.05) is 18.4 Å². The minimum atomic E-state index is -3.39. The van der Waals surface area contributed by atoms with Crippen LogP contribution in [0.15, 0.2) is 58.3 Å². The van der Waals surface area contributed by atoms with E-state index in [1.807, 2.05) is 42.1 Å². The van der Waals surface area contributed by atoms with Crippen LogP contribution < -0.4 is 5.32 Å². The molecule has 1 heterocycles. The molecule has 2 aliphatic rings. The van der Waals surface area contributed by atoms with Gasteiger partial charge in [-0.05, 0) is 61.9 Å². The van der Waals surface area contributed by atoms with Crippen LogP contribution in [-0.2, 0) is 21.2 Å². The van der Waals surface area contributed by atoms with Gasteiger partial charge in [0.25, 0.3) is 0 Å². The maximum Gasteiger partial charge on any atom is 0.243 e. The molecule has 0 radical (unpaired) electrons. The molecule has 1 amide bonds. The van der Waals surface area contributed by atoms with Crippen LogP contribution in [0.3, 0.4) is 0 Å². The van der Waals surface area contributed by atoms with Crippen molar-refractivity contribution in [3.8, 4) is 0 Å². The van der Waals surface area contributed by atoms with E-state index in [2.05, 4.69) is 11.4 Å². The van der Waals surface area contributed by atoms with E-state index in [0.29, 0.717) is 36.1 Å². The standard InChI is InChI=1S/C24H30N2O3S2/c27-24(25-22-9-3-4-10-23(22)30-20-7-1-2-8-20)16-13-19-11-14-21(15-12-19)31(28,29)26-17-5-6-18-26/h3-4,9-12,14-15,20H,1-2,5-8,13,16-18H2,(H,25,27). The summed E-state index contributed by atoms with van der Waals surface area (Å²) in [4.78, 5) is 14.0. The number of sulfonamides is 1. The summed E-state index contributed by atoms with van der Waals surface area (Å²) in [6.45, 7) is 1.20. The van der Waals surface area contributed by atoms with Crippen molar-refractivity contribution >= 4 is 33.4 Å². The smallest absolute Gasteiger partial charge is 0.243 e. The highest BCUT2D eigenvalue weighted by Gasteiger charge is 2.26. The van der Waals surface area contributed by atoms with E-state index < -0.39 is 10.0 Å². The number of para-hydroxylation sites is 1. The van der Waals surface area contributed by atoms with Crippen LogP contribution >= 0.6 is 11.8 Å². The number of nitrogens with one attached hydrogen (secondary N) is 1. The number of rotatable bonds is 8. The van der Waals surface area contributed by atoms with Gasteiger partial charge in [-0.3, -0.25) is 4.79 Å². The van der Waals surface area contributed by atoms with Crippen LogP contribution in [0.1, 0.15) is 50.5 Å². The van der Waals surface area contributed by atoms with E-state index in [1.165, 1.54) is 25.7 Å². The Hall–Kier alpha value is -1.83. The number of amides is 1. The number of thioether (sulfide) groups is 1. The molecule has 0 unspecified atom stereocenters. The van der Waals surface area contributed by atoms with E-state index in [4.69, 9.17) is 0 Å². The molecule has 2 aromatic carbocycles. The van der Waals surface area contributed by atoms with Gasteiger partial charge in [0.1, 0.15) is 0 Å². The first-order chi connectivity index (χ1) is 15.0. The first-order valence-electron chi connectivity index (χ1n) is 11.2. The molecule has 7 heteroatoms. The zero-order chi connectivity index (χ0) is 21.7. The lowest BCUT2D eigenvalue weighted by Gasteiger charge is -2.15. The quantitative estimate of drug-likeness (QED) is 0.599. The van der Waals surface area contributed by atoms with Gasteiger partial charge < -0.3 is 5.32 Å². The van der Waals surface area contributed by atoms with Gasteiger partial charge in [0.15, 0.2) is 0 Å². The lowest BCUT2D eigenvalue weighted by Crippen LogP contribution is -2.27. The molecule has 1 saturated heterocycles. The molecule has 0 spiro atoms. The van der Waals surface area contributed by atoms with Gasteiger partial charge in [0, 0.05) is 29.7 Å². The average molecular weight is 459 g/mol. The predicted octanol–water partition coefficient (Wildman–Crippen LogP) is 5.08. The average Bonchev–Trinajstić information content (AvgIpc) is 3.49. The first-order valence-corrected chi connectivity index (χ1v) is 13.5. The van der Waals surface area contributed by atoms with Gasteiger partial charge in [0.2, 0.25) is 15.9 Å². The number of aryl methyl sites for hydroxylation is 1. The van der Waals surface area contributed by atoms with Crippen LogP contribution in [0.4, 0.5) is 5.69 Å². The van der Waals surface area contributed by atoms with E-state index in [-0.39, 0.29) is 5.91 Å². The first kappa shape index (κ1) is 22.4. The third kappa shape index (κ3) is 5.70. The molecule has 0 atom stereocenters. The van der Waals surface area contributed by atoms with Crippen molar-refractivity contribution in [2.24, 2.45) is 0 Å². The number of hydrogen-bond acceptors (Lipinski definition) is 4. The van der Waals surface area contributed by atoms with Gasteiger partial charge in [-0.1, -0.05) is 37.1 Å². The van der Waals surface area contributed by atoms with Crippen molar-refractivity contribution in [2.45, 2.75) is 66.4 Å². The Bertz CT molecular complexity index is 994. The highest BCUT2D eigenvalue weighted by molar-refractivity contribution is 8.00. The number of benzene rings is 2. The molecule has 1 aliphatic heterocycles. The molecule has 2 aromatic rings. The van der Waals surface area contributed by atoms with E-state index in [1.54, 1.807) is 16.4 Å². The lowest BCUT2D eigenvalue weighted by atomic mass is 10.1. The van der Waals surface area contributed by atoms with E-state index >= 15 is 0 Å². The lowest BCUT2D eigenvalue weighted by molar-refractivity contribution is -0.116. The van der Waals surface area contributed by atoms with Gasteiger partial charge in [-0.25, -0.2) is 8.42 Å². The molecule has 4 rings (SSSR count). The molecular formula is C24H30N2O3S2. The minimum Gasteiger partial charge on any atom is -0.325 e. The normalized spacial score (nSPS) is 17.8. The Balaban J connectivity index is 1.32. The molecule has 31 heavy (non-hydrogen) atoms. The zero-order valence-corrected chi connectivity index (χ0v) is 19.4. The SMILES string of the molecule is O=C(CCc1ccc(S(=O)(=O)N2CCCC2)cc1)Nc1ccccc1SC1CCCC1. The Labute approximate surface area is 189 Å². The number of nitrogens with zero attached hydrogens (tertiary/aromatic N) is 1. The zero-order valence-electron chi connectivity index (χ0n) is 17.8. The number of carbonyl (C=O) groups is 1. The van der Waals surface area contributed by atoms with Gasteiger partial charge in [-0.2, -0.15) is 4.31 Å². The van der Waals surface area contributed by atoms with Crippen molar-refractivity contribution in [1.82, 2.24) is 4.31 Å². The molecule has 1 N–H and O–H groups in total. The molecule has 0 bridgehead atoms. The number of carbonyl (C=O) groups excluding carboxylic acids is 1. The predicted molar refractivity (Wildman–Crippen MR) is 126 cm³/mol. The van der Waals surface area contributed by atoms with Crippen molar-refractivity contribution in [3.63, 3.8) is 0 Å². The fourth-order valence-electron chi connectivity index (χ4n) is 4.23. The van der Waals surface area contributed by atoms with Gasteiger partial charge in [-0.15, -0.1) is 11.8 Å². The van der Waals surface area contributed by atoms with Gasteiger partial charge in [0.05, 0.1) is 10.6 Å². The molecule has 2 fully saturated rings.